The summed E-state index contributed by atoms with van der Waals surface area (Å²) in [6.45, 7) is 18.2. The Kier molecular flexibility index (Phi) is 13.7. The predicted molar refractivity (Wildman–Crippen MR) is 133 cm³/mol. The maximum Gasteiger partial charge on any atom is 0.187 e. The molecular formula is C19H38N8OS2. The van der Waals surface area contributed by atoms with Gasteiger partial charge in [0.15, 0.2) is 10.2 Å². The average molecular weight is 459 g/mol. The zero-order chi connectivity index (χ0) is 22.4. The smallest absolute Gasteiger partial charge is 0.187 e. The number of nitrogens with zero attached hydrogens (tertiary/aromatic N) is 4. The summed E-state index contributed by atoms with van der Waals surface area (Å²) in [7, 11) is 0. The molecule has 172 valence electrons. The lowest BCUT2D eigenvalue weighted by atomic mass is 10.2. The van der Waals surface area contributed by atoms with Gasteiger partial charge in [0.05, 0.1) is 24.6 Å². The summed E-state index contributed by atoms with van der Waals surface area (Å²) < 4.78 is 5.39. The van der Waals surface area contributed by atoms with Gasteiger partial charge >= 0.3 is 0 Å². The molecule has 0 aliphatic carbocycles. The molecule has 0 saturated carbocycles. The third-order valence-electron chi connectivity index (χ3n) is 5.01. The summed E-state index contributed by atoms with van der Waals surface area (Å²) in [5, 5.41) is 15.9. The van der Waals surface area contributed by atoms with Gasteiger partial charge in [-0.2, -0.15) is 10.2 Å². The van der Waals surface area contributed by atoms with Gasteiger partial charge in [0.1, 0.15) is 0 Å². The fourth-order valence-electron chi connectivity index (χ4n) is 2.77. The van der Waals surface area contributed by atoms with Crippen LogP contribution in [0.2, 0.25) is 0 Å². The second-order valence-corrected chi connectivity index (χ2v) is 7.92. The van der Waals surface area contributed by atoms with Crippen molar-refractivity contribution < 1.29 is 4.74 Å². The van der Waals surface area contributed by atoms with E-state index in [9.17, 15) is 0 Å². The van der Waals surface area contributed by atoms with Crippen molar-refractivity contribution in [2.75, 3.05) is 59.0 Å². The van der Waals surface area contributed by atoms with Crippen molar-refractivity contribution >= 4 is 46.1 Å². The summed E-state index contributed by atoms with van der Waals surface area (Å²) >= 11 is 10.6. The van der Waals surface area contributed by atoms with E-state index in [-0.39, 0.29) is 0 Å². The molecule has 30 heavy (non-hydrogen) atoms. The van der Waals surface area contributed by atoms with Crippen molar-refractivity contribution in [3.63, 3.8) is 0 Å². The Morgan fingerprint density at radius 1 is 1.00 bits per heavy atom. The normalized spacial score (nSPS) is 16.9. The van der Waals surface area contributed by atoms with Crippen molar-refractivity contribution in [1.29, 1.82) is 0 Å². The average Bonchev–Trinajstić information content (AvgIpc) is 2.77. The van der Waals surface area contributed by atoms with E-state index in [4.69, 9.17) is 29.2 Å². The second kappa shape index (κ2) is 15.4. The Morgan fingerprint density at radius 3 is 2.07 bits per heavy atom. The number of rotatable bonds is 11. The molecule has 1 saturated heterocycles. The van der Waals surface area contributed by atoms with Gasteiger partial charge in [0.25, 0.3) is 0 Å². The van der Waals surface area contributed by atoms with E-state index < -0.39 is 0 Å². The molecule has 0 aromatic carbocycles. The maximum atomic E-state index is 5.39. The van der Waals surface area contributed by atoms with Crippen LogP contribution in [0.15, 0.2) is 10.2 Å². The van der Waals surface area contributed by atoms with Gasteiger partial charge in [-0.25, -0.2) is 0 Å². The molecule has 0 bridgehead atoms. The van der Waals surface area contributed by atoms with E-state index in [2.05, 4.69) is 62.3 Å². The first kappa shape index (κ1) is 26.6. The van der Waals surface area contributed by atoms with Crippen molar-refractivity contribution in [2.24, 2.45) is 10.2 Å². The summed E-state index contributed by atoms with van der Waals surface area (Å²) in [6, 6.07) is 0.376. The molecule has 9 nitrogen and oxygen atoms in total. The number of ether oxygens (including phenoxy) is 1. The third-order valence-corrected chi connectivity index (χ3v) is 5.48. The Bertz CT molecular complexity index is 589. The molecule has 4 N–H and O–H groups in total. The second-order valence-electron chi connectivity index (χ2n) is 7.11. The van der Waals surface area contributed by atoms with E-state index >= 15 is 0 Å². The van der Waals surface area contributed by atoms with Crippen LogP contribution in [-0.2, 0) is 4.74 Å². The molecule has 1 fully saturated rings. The van der Waals surface area contributed by atoms with E-state index in [1.807, 2.05) is 13.8 Å². The van der Waals surface area contributed by atoms with E-state index in [0.717, 1.165) is 70.5 Å². The number of hydrazone groups is 2. The van der Waals surface area contributed by atoms with Crippen LogP contribution in [0.3, 0.4) is 0 Å². The molecule has 11 heteroatoms. The minimum absolute atomic E-state index is 0.376. The molecule has 0 aromatic rings. The van der Waals surface area contributed by atoms with E-state index in [1.54, 1.807) is 0 Å². The number of likely N-dealkylation sites (N-methyl/N-ethyl adjacent to an activating group) is 1. The Balaban J connectivity index is 2.30. The van der Waals surface area contributed by atoms with Crippen LogP contribution in [0.5, 0.6) is 0 Å². The van der Waals surface area contributed by atoms with Crippen LogP contribution in [0.1, 0.15) is 34.6 Å². The van der Waals surface area contributed by atoms with Crippen molar-refractivity contribution in [3.05, 3.63) is 0 Å². The Labute approximate surface area is 192 Å². The van der Waals surface area contributed by atoms with Gasteiger partial charge in [-0.1, -0.05) is 13.8 Å². The molecule has 1 aliphatic heterocycles. The summed E-state index contributed by atoms with van der Waals surface area (Å²) in [5.41, 5.74) is 7.17. The number of hydrogen-bond acceptors (Lipinski definition) is 7. The number of hydrogen-bond donors (Lipinski definition) is 4. The molecule has 0 spiro atoms. The van der Waals surface area contributed by atoms with Crippen LogP contribution in [0.4, 0.5) is 0 Å². The SMILES string of the molecule is CCN(CC)CCNC(=S)N/N=C(C)\C(C)=N/NC(=S)NCC(C)N1CCOCC1. The summed E-state index contributed by atoms with van der Waals surface area (Å²) in [6.07, 6.45) is 0. The standard InChI is InChI=1S/C19H38N8OS2/c1-6-26(7-2)9-8-20-18(29)24-22-16(4)17(5)23-25-19(30)21-14-15(3)27-10-12-28-13-11-27/h15H,6-14H2,1-5H3,(H2,20,24,29)(H2,21,25,30)/b22-16-,23-17-. The van der Waals surface area contributed by atoms with Crippen LogP contribution in [-0.4, -0.2) is 96.5 Å². The fourth-order valence-corrected chi connectivity index (χ4v) is 3.04. The van der Waals surface area contributed by atoms with Crippen molar-refractivity contribution in [3.8, 4) is 0 Å². The molecule has 1 aliphatic rings. The lowest BCUT2D eigenvalue weighted by molar-refractivity contribution is 0.0212. The first-order chi connectivity index (χ1) is 14.4. The Morgan fingerprint density at radius 2 is 1.53 bits per heavy atom. The quantitative estimate of drug-likeness (QED) is 0.203. The van der Waals surface area contributed by atoms with Crippen LogP contribution in [0, 0.1) is 0 Å². The first-order valence-corrected chi connectivity index (χ1v) is 11.4. The predicted octanol–water partition coefficient (Wildman–Crippen LogP) is 0.729. The number of nitrogens with one attached hydrogen (secondary N) is 4. The van der Waals surface area contributed by atoms with Gasteiger partial charge in [0, 0.05) is 38.8 Å². The highest BCUT2D eigenvalue weighted by Crippen LogP contribution is 2.02. The zero-order valence-electron chi connectivity index (χ0n) is 19.0. The van der Waals surface area contributed by atoms with Gasteiger partial charge in [-0.05, 0) is 58.3 Å². The minimum Gasteiger partial charge on any atom is -0.379 e. The summed E-state index contributed by atoms with van der Waals surface area (Å²) in [5.74, 6) is 0. The molecule has 1 heterocycles. The molecule has 1 rings (SSSR count). The Hall–Kier alpha value is -1.40. The van der Waals surface area contributed by atoms with Crippen LogP contribution in [0.25, 0.3) is 0 Å². The molecule has 0 radical (unpaired) electrons. The lowest BCUT2D eigenvalue weighted by Gasteiger charge is -2.32. The van der Waals surface area contributed by atoms with E-state index in [0.29, 0.717) is 16.3 Å². The molecule has 1 unspecified atom stereocenters. The fraction of sp³-hybridized carbons (Fsp3) is 0.789. The van der Waals surface area contributed by atoms with E-state index in [1.165, 1.54) is 0 Å². The van der Waals surface area contributed by atoms with Gasteiger partial charge in [-0.15, -0.1) is 0 Å². The van der Waals surface area contributed by atoms with Gasteiger partial charge in [-0.3, -0.25) is 15.8 Å². The van der Waals surface area contributed by atoms with Crippen LogP contribution < -0.4 is 21.5 Å². The molecule has 0 aromatic heterocycles. The minimum atomic E-state index is 0.376. The third kappa shape index (κ3) is 11.1. The lowest BCUT2D eigenvalue weighted by Crippen LogP contribution is -2.48. The first-order valence-electron chi connectivity index (χ1n) is 10.6. The summed E-state index contributed by atoms with van der Waals surface area (Å²) in [4.78, 5) is 4.71. The van der Waals surface area contributed by atoms with Gasteiger partial charge < -0.3 is 20.3 Å². The van der Waals surface area contributed by atoms with Crippen molar-refractivity contribution in [2.45, 2.75) is 40.7 Å². The van der Waals surface area contributed by atoms with Crippen LogP contribution >= 0.6 is 24.4 Å². The highest BCUT2D eigenvalue weighted by Gasteiger charge is 2.16. The number of thiocarbonyl (C=S) groups is 2. The topological polar surface area (TPSA) is 88.5 Å². The highest BCUT2D eigenvalue weighted by molar-refractivity contribution is 7.80. The zero-order valence-corrected chi connectivity index (χ0v) is 20.6. The molecular weight excluding hydrogens is 420 g/mol. The maximum absolute atomic E-state index is 5.39. The number of morpholine rings is 1. The van der Waals surface area contributed by atoms with Crippen molar-refractivity contribution in [1.82, 2.24) is 31.3 Å². The van der Waals surface area contributed by atoms with Gasteiger partial charge in [0.2, 0.25) is 0 Å². The molecule has 0 amide bonds. The monoisotopic (exact) mass is 458 g/mol. The highest BCUT2D eigenvalue weighted by atomic mass is 32.1. The largest absolute Gasteiger partial charge is 0.379 e. The molecule has 1 atom stereocenters.